The lowest BCUT2D eigenvalue weighted by molar-refractivity contribution is -0.120. The molecule has 3 N–H and O–H groups in total. The molecule has 0 spiro atoms. The lowest BCUT2D eigenvalue weighted by Gasteiger charge is -2.13. The molecule has 0 saturated carbocycles. The molecule has 0 unspecified atom stereocenters. The summed E-state index contributed by atoms with van der Waals surface area (Å²) in [5, 5.41) is 8.74. The zero-order valence-electron chi connectivity index (χ0n) is 15.5. The van der Waals surface area contributed by atoms with Crippen LogP contribution in [0.1, 0.15) is 38.2 Å². The van der Waals surface area contributed by atoms with Gasteiger partial charge in [-0.2, -0.15) is 0 Å². The molecule has 9 heteroatoms. The molecule has 2 aromatic rings. The van der Waals surface area contributed by atoms with E-state index in [9.17, 15) is 4.79 Å². The number of hydrogen-bond acceptors (Lipinski definition) is 5. The minimum absolute atomic E-state index is 0. The number of nitrogens with one attached hydrogen (secondary N) is 3. The summed E-state index contributed by atoms with van der Waals surface area (Å²) in [4.78, 5) is 20.1. The largest absolute Gasteiger partial charge is 0.467 e. The predicted molar refractivity (Wildman–Crippen MR) is 109 cm³/mol. The van der Waals surface area contributed by atoms with Gasteiger partial charge in [0.05, 0.1) is 32.1 Å². The van der Waals surface area contributed by atoms with Crippen LogP contribution in [0, 0.1) is 0 Å². The van der Waals surface area contributed by atoms with Gasteiger partial charge in [0, 0.05) is 12.5 Å². The maximum atomic E-state index is 11.8. The molecule has 0 aliphatic carbocycles. The molecule has 0 aliphatic rings. The van der Waals surface area contributed by atoms with Gasteiger partial charge in [-0.25, -0.2) is 4.98 Å². The second-order valence-electron chi connectivity index (χ2n) is 6.50. The number of aromatic nitrogens is 1. The van der Waals surface area contributed by atoms with Gasteiger partial charge in [-0.15, -0.1) is 24.0 Å². The van der Waals surface area contributed by atoms with Crippen molar-refractivity contribution < 1.29 is 13.6 Å². The van der Waals surface area contributed by atoms with Crippen molar-refractivity contribution in [1.82, 2.24) is 20.9 Å². The van der Waals surface area contributed by atoms with E-state index in [2.05, 4.69) is 46.7 Å². The Bertz CT molecular complexity index is 704. The van der Waals surface area contributed by atoms with E-state index in [4.69, 9.17) is 8.83 Å². The standard InChI is InChI=1S/C17H25N5O3.HI/c1-17(2,3)13-9-20-15(25-13)11-22-16(18-4)21-10-14(23)19-8-12-6-5-7-24-12;/h5-7,9H,8,10-11H2,1-4H3,(H,19,23)(H2,18,21,22);1H. The van der Waals surface area contributed by atoms with E-state index >= 15 is 0 Å². The third kappa shape index (κ3) is 7.06. The first-order valence-electron chi connectivity index (χ1n) is 8.07. The van der Waals surface area contributed by atoms with Crippen LogP contribution in [0.5, 0.6) is 0 Å². The summed E-state index contributed by atoms with van der Waals surface area (Å²) in [6.07, 6.45) is 3.30. The van der Waals surface area contributed by atoms with Crippen LogP contribution in [0.4, 0.5) is 0 Å². The number of guanidine groups is 1. The third-order valence-electron chi connectivity index (χ3n) is 3.38. The van der Waals surface area contributed by atoms with E-state index in [-0.39, 0.29) is 41.8 Å². The molecule has 0 aliphatic heterocycles. The van der Waals surface area contributed by atoms with Crippen molar-refractivity contribution in [3.05, 3.63) is 42.0 Å². The molecule has 2 heterocycles. The van der Waals surface area contributed by atoms with Gasteiger partial charge in [0.25, 0.3) is 0 Å². The molecule has 0 fully saturated rings. The Morgan fingerprint density at radius 2 is 2.00 bits per heavy atom. The molecule has 2 rings (SSSR count). The van der Waals surface area contributed by atoms with E-state index in [1.165, 1.54) is 0 Å². The molecular weight excluding hydrogens is 449 g/mol. The molecule has 26 heavy (non-hydrogen) atoms. The summed E-state index contributed by atoms with van der Waals surface area (Å²) >= 11 is 0. The minimum atomic E-state index is -0.162. The normalized spacial score (nSPS) is 11.6. The van der Waals surface area contributed by atoms with Crippen LogP contribution in [-0.4, -0.2) is 30.4 Å². The quantitative estimate of drug-likeness (QED) is 0.336. The fourth-order valence-electron chi connectivity index (χ4n) is 1.94. The molecule has 0 atom stereocenters. The summed E-state index contributed by atoms with van der Waals surface area (Å²) in [5.74, 6) is 2.42. The smallest absolute Gasteiger partial charge is 0.239 e. The zero-order chi connectivity index (χ0) is 18.3. The summed E-state index contributed by atoms with van der Waals surface area (Å²) in [7, 11) is 1.63. The Morgan fingerprint density at radius 1 is 1.23 bits per heavy atom. The van der Waals surface area contributed by atoms with Gasteiger partial charge in [0.1, 0.15) is 11.5 Å². The monoisotopic (exact) mass is 475 g/mol. The zero-order valence-corrected chi connectivity index (χ0v) is 17.8. The minimum Gasteiger partial charge on any atom is -0.467 e. The first-order chi connectivity index (χ1) is 11.9. The Morgan fingerprint density at radius 3 is 2.58 bits per heavy atom. The highest BCUT2D eigenvalue weighted by Crippen LogP contribution is 2.22. The van der Waals surface area contributed by atoms with Crippen molar-refractivity contribution in [2.24, 2.45) is 4.99 Å². The van der Waals surface area contributed by atoms with Crippen molar-refractivity contribution in [3.63, 3.8) is 0 Å². The molecule has 0 radical (unpaired) electrons. The van der Waals surface area contributed by atoms with E-state index < -0.39 is 0 Å². The van der Waals surface area contributed by atoms with Crippen LogP contribution in [-0.2, 0) is 23.3 Å². The lowest BCUT2D eigenvalue weighted by atomic mass is 9.94. The summed E-state index contributed by atoms with van der Waals surface area (Å²) in [6.45, 7) is 7.01. The average molecular weight is 475 g/mol. The van der Waals surface area contributed by atoms with E-state index in [1.54, 1.807) is 31.6 Å². The molecule has 1 amide bonds. The Hall–Kier alpha value is -2.04. The number of furan rings is 1. The second-order valence-corrected chi connectivity index (χ2v) is 6.50. The van der Waals surface area contributed by atoms with Crippen LogP contribution in [0.2, 0.25) is 0 Å². The highest BCUT2D eigenvalue weighted by molar-refractivity contribution is 14.0. The average Bonchev–Trinajstić information content (AvgIpc) is 3.24. The predicted octanol–water partition coefficient (Wildman–Crippen LogP) is 2.16. The lowest BCUT2D eigenvalue weighted by Crippen LogP contribution is -2.42. The third-order valence-corrected chi connectivity index (χ3v) is 3.38. The Labute approximate surface area is 170 Å². The van der Waals surface area contributed by atoms with Crippen molar-refractivity contribution in [2.75, 3.05) is 13.6 Å². The summed E-state index contributed by atoms with van der Waals surface area (Å²) < 4.78 is 10.9. The van der Waals surface area contributed by atoms with Crippen molar-refractivity contribution in [2.45, 2.75) is 39.3 Å². The van der Waals surface area contributed by atoms with Gasteiger partial charge in [-0.3, -0.25) is 9.79 Å². The van der Waals surface area contributed by atoms with Crippen LogP contribution in [0.15, 0.2) is 38.4 Å². The number of oxazole rings is 1. The maximum absolute atomic E-state index is 11.8. The highest BCUT2D eigenvalue weighted by Gasteiger charge is 2.19. The SMILES string of the molecule is CN=C(NCC(=O)NCc1ccco1)NCc1ncc(C(C)(C)C)o1.I. The topological polar surface area (TPSA) is 105 Å². The maximum Gasteiger partial charge on any atom is 0.239 e. The number of carbonyl (C=O) groups is 1. The fourth-order valence-corrected chi connectivity index (χ4v) is 1.94. The Kier molecular flexibility index (Phi) is 8.62. The molecule has 144 valence electrons. The van der Waals surface area contributed by atoms with Crippen LogP contribution < -0.4 is 16.0 Å². The first kappa shape index (κ1) is 22.0. The first-order valence-corrected chi connectivity index (χ1v) is 8.07. The van der Waals surface area contributed by atoms with Gasteiger partial charge in [-0.1, -0.05) is 20.8 Å². The molecule has 0 bridgehead atoms. The number of aliphatic imine (C=N–C) groups is 1. The molecule has 8 nitrogen and oxygen atoms in total. The number of halogens is 1. The van der Waals surface area contributed by atoms with Crippen LogP contribution in [0.25, 0.3) is 0 Å². The number of amides is 1. The van der Waals surface area contributed by atoms with Crippen molar-refractivity contribution in [1.29, 1.82) is 0 Å². The summed E-state index contributed by atoms with van der Waals surface area (Å²) in [5.41, 5.74) is -0.0861. The van der Waals surface area contributed by atoms with Gasteiger partial charge < -0.3 is 24.8 Å². The second kappa shape index (κ2) is 10.2. The van der Waals surface area contributed by atoms with Gasteiger partial charge >= 0.3 is 0 Å². The molecule has 2 aromatic heterocycles. The molecule has 0 aromatic carbocycles. The van der Waals surface area contributed by atoms with Gasteiger partial charge in [-0.05, 0) is 12.1 Å². The fraction of sp³-hybridized carbons (Fsp3) is 0.471. The number of nitrogens with zero attached hydrogens (tertiary/aromatic N) is 2. The van der Waals surface area contributed by atoms with Crippen molar-refractivity contribution >= 4 is 35.8 Å². The van der Waals surface area contributed by atoms with Crippen LogP contribution >= 0.6 is 24.0 Å². The molecule has 0 saturated heterocycles. The number of hydrogen-bond donors (Lipinski definition) is 3. The van der Waals surface area contributed by atoms with E-state index in [0.717, 1.165) is 5.76 Å². The Balaban J connectivity index is 0.00000338. The highest BCUT2D eigenvalue weighted by atomic mass is 127. The number of carbonyl (C=O) groups excluding carboxylic acids is 1. The summed E-state index contributed by atoms with van der Waals surface area (Å²) in [6, 6.07) is 3.58. The van der Waals surface area contributed by atoms with Crippen molar-refractivity contribution in [3.8, 4) is 0 Å². The van der Waals surface area contributed by atoms with Gasteiger partial charge in [0.15, 0.2) is 5.96 Å². The van der Waals surface area contributed by atoms with E-state index in [1.807, 2.05) is 0 Å². The number of rotatable bonds is 6. The van der Waals surface area contributed by atoms with E-state index in [0.29, 0.717) is 30.7 Å². The van der Waals surface area contributed by atoms with Gasteiger partial charge in [0.2, 0.25) is 11.8 Å². The van der Waals surface area contributed by atoms with Crippen LogP contribution in [0.3, 0.4) is 0 Å². The molecular formula is C17H26IN5O3.